The van der Waals surface area contributed by atoms with Crippen molar-refractivity contribution in [1.29, 1.82) is 0 Å². The molecule has 1 aromatic carbocycles. The van der Waals surface area contributed by atoms with Crippen molar-refractivity contribution < 1.29 is 14.0 Å². The Hall–Kier alpha value is -1.39. The molecular formula is C15H22O3Si. The number of methoxy groups -OCH3 is 1. The zero-order valence-corrected chi connectivity index (χ0v) is 13.1. The second-order valence-corrected chi connectivity index (χ2v) is 9.82. The van der Waals surface area contributed by atoms with Crippen LogP contribution in [0.4, 0.5) is 0 Å². The third-order valence-electron chi connectivity index (χ3n) is 2.58. The van der Waals surface area contributed by atoms with Gasteiger partial charge in [-0.1, -0.05) is 18.2 Å². The van der Waals surface area contributed by atoms with Crippen LogP contribution in [0.2, 0.25) is 19.6 Å². The molecule has 0 saturated heterocycles. The van der Waals surface area contributed by atoms with Crippen LogP contribution in [0, 0.1) is 0 Å². The number of rotatable bonds is 6. The van der Waals surface area contributed by atoms with Gasteiger partial charge in [-0.25, -0.2) is 4.79 Å². The molecule has 0 amide bonds. The molecule has 0 saturated carbocycles. The lowest BCUT2D eigenvalue weighted by molar-refractivity contribution is 0.0600. The lowest BCUT2D eigenvalue weighted by Gasteiger charge is -2.26. The summed E-state index contributed by atoms with van der Waals surface area (Å²) in [5.74, 6) is -0.321. The van der Waals surface area contributed by atoms with Crippen LogP contribution in [0.1, 0.15) is 28.4 Å². The number of carbonyl (C=O) groups excluding carboxylic acids is 1. The molecule has 0 heterocycles. The Bertz CT molecular complexity index is 432. The van der Waals surface area contributed by atoms with Gasteiger partial charge in [-0.05, 0) is 43.8 Å². The highest BCUT2D eigenvalue weighted by Gasteiger charge is 2.21. The van der Waals surface area contributed by atoms with Crippen LogP contribution in [0.25, 0.3) is 0 Å². The van der Waals surface area contributed by atoms with Crippen molar-refractivity contribution in [1.82, 2.24) is 0 Å². The van der Waals surface area contributed by atoms with E-state index < -0.39 is 8.32 Å². The highest BCUT2D eigenvalue weighted by Crippen LogP contribution is 2.26. The molecule has 0 aliphatic carbocycles. The third-order valence-corrected chi connectivity index (χ3v) is 3.57. The van der Waals surface area contributed by atoms with Crippen LogP contribution in [0.15, 0.2) is 36.9 Å². The maximum Gasteiger partial charge on any atom is 0.337 e. The highest BCUT2D eigenvalue weighted by molar-refractivity contribution is 6.69. The van der Waals surface area contributed by atoms with E-state index >= 15 is 0 Å². The third kappa shape index (κ3) is 5.01. The first kappa shape index (κ1) is 15.7. The summed E-state index contributed by atoms with van der Waals surface area (Å²) >= 11 is 0. The van der Waals surface area contributed by atoms with E-state index in [0.29, 0.717) is 5.56 Å². The van der Waals surface area contributed by atoms with Crippen molar-refractivity contribution in [3.05, 3.63) is 48.0 Å². The second-order valence-electron chi connectivity index (χ2n) is 5.36. The minimum atomic E-state index is -1.62. The van der Waals surface area contributed by atoms with Crippen molar-refractivity contribution in [3.63, 3.8) is 0 Å². The van der Waals surface area contributed by atoms with Gasteiger partial charge in [0.05, 0.1) is 18.8 Å². The fourth-order valence-electron chi connectivity index (χ4n) is 1.78. The Balaban J connectivity index is 2.91. The molecule has 104 valence electrons. The molecule has 0 fully saturated rings. The maximum atomic E-state index is 11.4. The number of hydrogen-bond acceptors (Lipinski definition) is 3. The molecule has 1 unspecified atom stereocenters. The van der Waals surface area contributed by atoms with E-state index in [1.807, 2.05) is 18.2 Å². The molecular weight excluding hydrogens is 256 g/mol. The number of hydrogen-bond donors (Lipinski definition) is 0. The van der Waals surface area contributed by atoms with E-state index in [0.717, 1.165) is 12.0 Å². The summed E-state index contributed by atoms with van der Waals surface area (Å²) in [6, 6.07) is 7.37. The summed E-state index contributed by atoms with van der Waals surface area (Å²) in [4.78, 5) is 11.4. The Morgan fingerprint density at radius 2 is 1.89 bits per heavy atom. The zero-order chi connectivity index (χ0) is 14.5. The first-order chi connectivity index (χ1) is 8.87. The van der Waals surface area contributed by atoms with Gasteiger partial charge in [0.25, 0.3) is 0 Å². The molecule has 0 aromatic heterocycles. The average Bonchev–Trinajstić information content (AvgIpc) is 2.36. The van der Waals surface area contributed by atoms with Crippen molar-refractivity contribution >= 4 is 14.3 Å². The Morgan fingerprint density at radius 3 is 2.32 bits per heavy atom. The normalized spacial score (nSPS) is 12.8. The molecule has 0 aliphatic rings. The van der Waals surface area contributed by atoms with Gasteiger partial charge in [0, 0.05) is 0 Å². The summed E-state index contributed by atoms with van der Waals surface area (Å²) in [6.07, 6.45) is 2.64. The second kappa shape index (κ2) is 6.68. The quantitative estimate of drug-likeness (QED) is 0.449. The molecule has 1 aromatic rings. The molecule has 19 heavy (non-hydrogen) atoms. The standard InChI is InChI=1S/C15H22O3Si/c1-6-7-14(18-19(3,4)5)12-8-10-13(11-9-12)15(16)17-2/h6,8-11,14H,1,7H2,2-5H3. The predicted octanol–water partition coefficient (Wildman–Crippen LogP) is 3.94. The molecule has 1 atom stereocenters. The van der Waals surface area contributed by atoms with Gasteiger partial charge in [-0.2, -0.15) is 0 Å². The van der Waals surface area contributed by atoms with Crippen LogP contribution in [-0.2, 0) is 9.16 Å². The van der Waals surface area contributed by atoms with Gasteiger partial charge in [0.15, 0.2) is 8.32 Å². The lowest BCUT2D eigenvalue weighted by atomic mass is 10.0. The monoisotopic (exact) mass is 278 g/mol. The fourth-order valence-corrected chi connectivity index (χ4v) is 2.87. The van der Waals surface area contributed by atoms with Crippen LogP contribution in [0.3, 0.4) is 0 Å². The Morgan fingerprint density at radius 1 is 1.32 bits per heavy atom. The van der Waals surface area contributed by atoms with E-state index in [4.69, 9.17) is 4.43 Å². The summed E-state index contributed by atoms with van der Waals surface area (Å²) in [7, 11) is -0.242. The summed E-state index contributed by atoms with van der Waals surface area (Å²) in [5, 5.41) is 0. The van der Waals surface area contributed by atoms with E-state index in [2.05, 4.69) is 31.0 Å². The van der Waals surface area contributed by atoms with Crippen molar-refractivity contribution in [2.45, 2.75) is 32.2 Å². The van der Waals surface area contributed by atoms with E-state index in [-0.39, 0.29) is 12.1 Å². The van der Waals surface area contributed by atoms with Gasteiger partial charge >= 0.3 is 5.97 Å². The summed E-state index contributed by atoms with van der Waals surface area (Å²) in [5.41, 5.74) is 1.62. The van der Waals surface area contributed by atoms with Crippen LogP contribution in [-0.4, -0.2) is 21.4 Å². The fraction of sp³-hybridized carbons (Fsp3) is 0.400. The van der Waals surface area contributed by atoms with Crippen LogP contribution < -0.4 is 0 Å². The molecule has 4 heteroatoms. The Labute approximate surface area is 116 Å². The minimum absolute atomic E-state index is 0.0101. The van der Waals surface area contributed by atoms with E-state index in [1.165, 1.54) is 7.11 Å². The zero-order valence-electron chi connectivity index (χ0n) is 12.1. The van der Waals surface area contributed by atoms with Gasteiger partial charge in [-0.15, -0.1) is 6.58 Å². The van der Waals surface area contributed by atoms with Gasteiger partial charge in [-0.3, -0.25) is 0 Å². The van der Waals surface area contributed by atoms with Crippen molar-refractivity contribution in [2.75, 3.05) is 7.11 Å². The maximum absolute atomic E-state index is 11.4. The first-order valence-electron chi connectivity index (χ1n) is 6.34. The molecule has 0 aliphatic heterocycles. The molecule has 0 radical (unpaired) electrons. The van der Waals surface area contributed by atoms with Gasteiger partial charge in [0.1, 0.15) is 0 Å². The summed E-state index contributed by atoms with van der Waals surface area (Å²) in [6.45, 7) is 10.3. The molecule has 3 nitrogen and oxygen atoms in total. The minimum Gasteiger partial charge on any atom is -0.465 e. The number of benzene rings is 1. The summed E-state index contributed by atoms with van der Waals surface area (Å²) < 4.78 is 10.8. The lowest BCUT2D eigenvalue weighted by Crippen LogP contribution is -2.27. The van der Waals surface area contributed by atoms with E-state index in [1.54, 1.807) is 12.1 Å². The van der Waals surface area contributed by atoms with Crippen molar-refractivity contribution in [3.8, 4) is 0 Å². The molecule has 0 spiro atoms. The average molecular weight is 278 g/mol. The van der Waals surface area contributed by atoms with Crippen LogP contribution >= 0.6 is 0 Å². The number of esters is 1. The molecule has 0 bridgehead atoms. The number of carbonyl (C=O) groups is 1. The smallest absolute Gasteiger partial charge is 0.337 e. The van der Waals surface area contributed by atoms with Gasteiger partial charge < -0.3 is 9.16 Å². The Kier molecular flexibility index (Phi) is 5.51. The van der Waals surface area contributed by atoms with Crippen LogP contribution in [0.5, 0.6) is 0 Å². The SMILES string of the molecule is C=CCC(O[Si](C)(C)C)c1ccc(C(=O)OC)cc1. The predicted molar refractivity (Wildman–Crippen MR) is 79.8 cm³/mol. The largest absolute Gasteiger partial charge is 0.465 e. The molecule has 1 rings (SSSR count). The number of ether oxygens (including phenoxy) is 1. The van der Waals surface area contributed by atoms with Gasteiger partial charge in [0.2, 0.25) is 0 Å². The van der Waals surface area contributed by atoms with E-state index in [9.17, 15) is 4.79 Å². The first-order valence-corrected chi connectivity index (χ1v) is 9.75. The van der Waals surface area contributed by atoms with Crippen molar-refractivity contribution in [2.24, 2.45) is 0 Å². The topological polar surface area (TPSA) is 35.5 Å². The highest BCUT2D eigenvalue weighted by atomic mass is 28.4. The molecule has 0 N–H and O–H groups in total.